The summed E-state index contributed by atoms with van der Waals surface area (Å²) in [4.78, 5) is 40.0. The number of halogens is 1. The molecule has 1 fully saturated rings. The summed E-state index contributed by atoms with van der Waals surface area (Å²) in [6, 6.07) is 14.7. The van der Waals surface area contributed by atoms with Crippen molar-refractivity contribution < 1.29 is 24.0 Å². The van der Waals surface area contributed by atoms with E-state index >= 15 is 0 Å². The van der Waals surface area contributed by atoms with Crippen LogP contribution in [-0.2, 0) is 20.9 Å². The molecular formula is C30H31FN4O4. The van der Waals surface area contributed by atoms with Crippen LogP contribution in [0, 0.1) is 5.82 Å². The summed E-state index contributed by atoms with van der Waals surface area (Å²) in [6.07, 6.45) is 4.97. The maximum Gasteiger partial charge on any atom is 0.254 e. The lowest BCUT2D eigenvalue weighted by atomic mass is 9.92. The minimum atomic E-state index is -0.639. The maximum absolute atomic E-state index is 13.2. The van der Waals surface area contributed by atoms with E-state index in [1.165, 1.54) is 36.4 Å². The van der Waals surface area contributed by atoms with Crippen molar-refractivity contribution in [1.29, 1.82) is 0 Å². The number of rotatable bonds is 10. The van der Waals surface area contributed by atoms with Crippen molar-refractivity contribution in [2.24, 2.45) is 5.16 Å². The van der Waals surface area contributed by atoms with Crippen LogP contribution in [0.15, 0.2) is 95.2 Å². The second-order valence-corrected chi connectivity index (χ2v) is 9.44. The zero-order chi connectivity index (χ0) is 27.8. The van der Waals surface area contributed by atoms with E-state index in [4.69, 9.17) is 0 Å². The van der Waals surface area contributed by atoms with Crippen LogP contribution in [0.3, 0.4) is 0 Å². The molecule has 2 aromatic rings. The number of carbonyl (C=O) groups excluding carboxylic acids is 3. The van der Waals surface area contributed by atoms with Crippen LogP contribution < -0.4 is 10.6 Å². The van der Waals surface area contributed by atoms with E-state index in [9.17, 15) is 24.0 Å². The van der Waals surface area contributed by atoms with Gasteiger partial charge in [-0.1, -0.05) is 54.2 Å². The third-order valence-corrected chi connectivity index (χ3v) is 6.74. The standard InChI is InChI=1S/C30H31FN4O4/c1-20-17-25(30(38)33-19-21-10-12-23(31)13-11-21)29(34-39)26(36)18-24(20)28(22-7-3-2-4-8-22)32-14-6-16-35-15-5-9-27(35)37/h2-4,7-8,10-13,17-18,28,32,39H,1,5-6,9,14-16,19H2,(H,33,38). The van der Waals surface area contributed by atoms with Crippen molar-refractivity contribution in [3.63, 3.8) is 0 Å². The van der Waals surface area contributed by atoms with Gasteiger partial charge in [-0.25, -0.2) is 4.39 Å². The van der Waals surface area contributed by atoms with Crippen LogP contribution in [-0.4, -0.2) is 53.1 Å². The van der Waals surface area contributed by atoms with E-state index in [-0.39, 0.29) is 18.0 Å². The van der Waals surface area contributed by atoms with Gasteiger partial charge in [0.05, 0.1) is 11.6 Å². The highest BCUT2D eigenvalue weighted by Crippen LogP contribution is 2.30. The van der Waals surface area contributed by atoms with Gasteiger partial charge in [0.15, 0.2) is 5.71 Å². The Labute approximate surface area is 226 Å². The summed E-state index contributed by atoms with van der Waals surface area (Å²) >= 11 is 0. The Balaban J connectivity index is 1.53. The van der Waals surface area contributed by atoms with Crippen molar-refractivity contribution in [3.8, 4) is 0 Å². The van der Waals surface area contributed by atoms with Crippen molar-refractivity contribution >= 4 is 23.3 Å². The molecular weight excluding hydrogens is 499 g/mol. The fraction of sp³-hybridized carbons (Fsp3) is 0.267. The number of nitrogens with zero attached hydrogens (tertiary/aromatic N) is 2. The van der Waals surface area contributed by atoms with Gasteiger partial charge in [-0.15, -0.1) is 0 Å². The predicted molar refractivity (Wildman–Crippen MR) is 145 cm³/mol. The molecule has 0 bridgehead atoms. The Morgan fingerprint density at radius 1 is 1.10 bits per heavy atom. The number of allylic oxidation sites excluding steroid dienone is 2. The summed E-state index contributed by atoms with van der Waals surface area (Å²) in [5, 5.41) is 18.9. The molecule has 1 saturated heterocycles. The number of hydrogen-bond donors (Lipinski definition) is 3. The lowest BCUT2D eigenvalue weighted by molar-refractivity contribution is -0.127. The third-order valence-electron chi connectivity index (χ3n) is 6.74. The highest BCUT2D eigenvalue weighted by atomic mass is 19.1. The molecule has 2 amide bonds. The Morgan fingerprint density at radius 3 is 2.51 bits per heavy atom. The van der Waals surface area contributed by atoms with E-state index in [0.29, 0.717) is 36.2 Å². The van der Waals surface area contributed by atoms with Crippen LogP contribution in [0.25, 0.3) is 0 Å². The molecule has 39 heavy (non-hydrogen) atoms. The second-order valence-electron chi connectivity index (χ2n) is 9.44. The fourth-order valence-electron chi connectivity index (χ4n) is 4.70. The van der Waals surface area contributed by atoms with Crippen LogP contribution in [0.4, 0.5) is 4.39 Å². The molecule has 1 heterocycles. The highest BCUT2D eigenvalue weighted by molar-refractivity contribution is 6.55. The smallest absolute Gasteiger partial charge is 0.254 e. The third kappa shape index (κ3) is 6.94. The number of oxime groups is 1. The van der Waals surface area contributed by atoms with E-state index in [1.54, 1.807) is 0 Å². The van der Waals surface area contributed by atoms with Gasteiger partial charge in [0.1, 0.15) is 5.82 Å². The molecule has 1 aliphatic heterocycles. The van der Waals surface area contributed by atoms with Gasteiger partial charge in [0.25, 0.3) is 5.91 Å². The van der Waals surface area contributed by atoms with E-state index in [2.05, 4.69) is 22.4 Å². The van der Waals surface area contributed by atoms with Gasteiger partial charge in [0, 0.05) is 26.1 Å². The monoisotopic (exact) mass is 530 g/mol. The van der Waals surface area contributed by atoms with Crippen LogP contribution in [0.1, 0.15) is 36.4 Å². The molecule has 1 aliphatic carbocycles. The molecule has 0 radical (unpaired) electrons. The van der Waals surface area contributed by atoms with Crippen molar-refractivity contribution in [1.82, 2.24) is 15.5 Å². The highest BCUT2D eigenvalue weighted by Gasteiger charge is 2.29. The summed E-state index contributed by atoms with van der Waals surface area (Å²) in [6.45, 7) is 6.19. The van der Waals surface area contributed by atoms with Gasteiger partial charge in [-0.3, -0.25) is 14.4 Å². The molecule has 3 N–H and O–H groups in total. The van der Waals surface area contributed by atoms with E-state index in [1.807, 2.05) is 35.2 Å². The summed E-state index contributed by atoms with van der Waals surface area (Å²) in [5.74, 6) is -1.49. The number of carbonyl (C=O) groups is 3. The Hall–Kier alpha value is -4.37. The molecule has 0 spiro atoms. The molecule has 8 nitrogen and oxygen atoms in total. The number of nitrogens with one attached hydrogen (secondary N) is 2. The quantitative estimate of drug-likeness (QED) is 0.247. The topological polar surface area (TPSA) is 111 Å². The van der Waals surface area contributed by atoms with Gasteiger partial charge in [-0.2, -0.15) is 0 Å². The second kappa shape index (κ2) is 12.9. The first-order chi connectivity index (χ1) is 18.9. The average Bonchev–Trinajstić information content (AvgIpc) is 3.30. The molecule has 202 valence electrons. The zero-order valence-electron chi connectivity index (χ0n) is 21.5. The lowest BCUT2D eigenvalue weighted by Crippen LogP contribution is -2.31. The first-order valence-electron chi connectivity index (χ1n) is 12.9. The van der Waals surface area contributed by atoms with E-state index in [0.717, 1.165) is 24.9 Å². The maximum atomic E-state index is 13.2. The lowest BCUT2D eigenvalue weighted by Gasteiger charge is -2.24. The molecule has 2 aromatic carbocycles. The predicted octanol–water partition coefficient (Wildman–Crippen LogP) is 3.61. The zero-order valence-corrected chi connectivity index (χ0v) is 21.5. The van der Waals surface area contributed by atoms with Crippen molar-refractivity contribution in [3.05, 3.63) is 107 Å². The van der Waals surface area contributed by atoms with Crippen molar-refractivity contribution in [2.75, 3.05) is 19.6 Å². The number of benzene rings is 2. The number of amides is 2. The van der Waals surface area contributed by atoms with Gasteiger partial charge >= 0.3 is 0 Å². The Kier molecular flexibility index (Phi) is 9.17. The number of hydrogen-bond acceptors (Lipinski definition) is 6. The minimum absolute atomic E-state index is 0.0871. The fourth-order valence-corrected chi connectivity index (χ4v) is 4.70. The van der Waals surface area contributed by atoms with Gasteiger partial charge in [-0.05, 0) is 65.9 Å². The van der Waals surface area contributed by atoms with Crippen LogP contribution >= 0.6 is 0 Å². The van der Waals surface area contributed by atoms with Gasteiger partial charge < -0.3 is 20.7 Å². The van der Waals surface area contributed by atoms with Gasteiger partial charge in [0.2, 0.25) is 11.7 Å². The first kappa shape index (κ1) is 27.7. The summed E-state index contributed by atoms with van der Waals surface area (Å²) < 4.78 is 13.2. The SMILES string of the molecule is C=C1C=C(C(=O)NCc2ccc(F)cc2)C(=NO)C(=O)C=C1C(NCCCN1CCCC1=O)c1ccccc1. The van der Waals surface area contributed by atoms with E-state index < -0.39 is 29.3 Å². The Morgan fingerprint density at radius 2 is 1.85 bits per heavy atom. The largest absolute Gasteiger partial charge is 0.410 e. The number of ketones is 1. The molecule has 1 atom stereocenters. The minimum Gasteiger partial charge on any atom is -0.410 e. The molecule has 1 unspecified atom stereocenters. The summed E-state index contributed by atoms with van der Waals surface area (Å²) in [7, 11) is 0. The van der Waals surface area contributed by atoms with Crippen molar-refractivity contribution in [2.45, 2.75) is 31.8 Å². The van der Waals surface area contributed by atoms with Crippen LogP contribution in [0.2, 0.25) is 0 Å². The van der Waals surface area contributed by atoms with Crippen LogP contribution in [0.5, 0.6) is 0 Å². The average molecular weight is 531 g/mol. The molecule has 2 aliphatic rings. The summed E-state index contributed by atoms with van der Waals surface area (Å²) in [5.41, 5.74) is 1.96. The number of likely N-dealkylation sites (tertiary alicyclic amines) is 1. The molecule has 4 rings (SSSR count). The Bertz CT molecular complexity index is 1330. The molecule has 9 heteroatoms. The molecule has 0 aromatic heterocycles. The first-order valence-corrected chi connectivity index (χ1v) is 12.9. The molecule has 0 saturated carbocycles. The normalized spacial score (nSPS) is 17.6.